The van der Waals surface area contributed by atoms with Gasteiger partial charge in [0.05, 0.1) is 23.5 Å². The van der Waals surface area contributed by atoms with Gasteiger partial charge < -0.3 is 15.8 Å². The summed E-state index contributed by atoms with van der Waals surface area (Å²) in [6.45, 7) is 3.38. The largest absolute Gasteiger partial charge is 0.452 e. The van der Waals surface area contributed by atoms with Crippen molar-refractivity contribution in [3.63, 3.8) is 0 Å². The second-order valence-electron chi connectivity index (χ2n) is 7.84. The molecule has 33 heavy (non-hydrogen) atoms. The Hall–Kier alpha value is -3.17. The van der Waals surface area contributed by atoms with E-state index in [2.05, 4.69) is 10.4 Å². The molecule has 0 atom stereocenters. The van der Waals surface area contributed by atoms with Crippen molar-refractivity contribution in [2.75, 3.05) is 11.9 Å². The summed E-state index contributed by atoms with van der Waals surface area (Å²) in [5.41, 5.74) is 9.09. The molecule has 0 spiro atoms. The van der Waals surface area contributed by atoms with Crippen molar-refractivity contribution in [1.29, 1.82) is 0 Å². The predicted molar refractivity (Wildman–Crippen MR) is 126 cm³/mol. The predicted octanol–water partition coefficient (Wildman–Crippen LogP) is 3.65. The van der Waals surface area contributed by atoms with E-state index in [1.807, 2.05) is 18.2 Å². The lowest BCUT2D eigenvalue weighted by molar-refractivity contribution is -0.119. The van der Waals surface area contributed by atoms with Crippen LogP contribution < -0.4 is 11.1 Å². The standard InChI is InChI=1S/C23H23ClN4O4S/c1-12-19(13(2)28(27-12)10-14-6-3-4-8-16(14)24)23(31)32-11-18(29)26-22-20(21(25)30)15-7-5-9-17(15)33-22/h3-4,6,8H,5,7,9-11H2,1-2H3,(H2,25,30)(H,26,29). The first-order valence-electron chi connectivity index (χ1n) is 10.4. The van der Waals surface area contributed by atoms with Crippen LogP contribution in [0, 0.1) is 13.8 Å². The Balaban J connectivity index is 1.42. The highest BCUT2D eigenvalue weighted by molar-refractivity contribution is 7.17. The number of hydrogen-bond donors (Lipinski definition) is 2. The zero-order valence-corrected chi connectivity index (χ0v) is 19.8. The average molecular weight is 487 g/mol. The Morgan fingerprint density at radius 3 is 2.70 bits per heavy atom. The number of primary amides is 1. The molecule has 10 heteroatoms. The SMILES string of the molecule is Cc1nn(Cc2ccccc2Cl)c(C)c1C(=O)OCC(=O)Nc1sc2c(c1C(N)=O)CCC2. The van der Waals surface area contributed by atoms with E-state index in [1.54, 1.807) is 24.6 Å². The van der Waals surface area contributed by atoms with Crippen LogP contribution in [-0.4, -0.2) is 34.2 Å². The topological polar surface area (TPSA) is 116 Å². The number of aromatic nitrogens is 2. The molecule has 1 aromatic carbocycles. The molecule has 0 aliphatic heterocycles. The fourth-order valence-electron chi connectivity index (χ4n) is 4.05. The molecule has 0 fully saturated rings. The third-order valence-corrected chi connectivity index (χ3v) is 7.19. The van der Waals surface area contributed by atoms with Crippen LogP contribution in [0.25, 0.3) is 0 Å². The van der Waals surface area contributed by atoms with Gasteiger partial charge in [0.25, 0.3) is 11.8 Å². The Labute approximate surface area is 199 Å². The summed E-state index contributed by atoms with van der Waals surface area (Å²) in [6.07, 6.45) is 2.60. The molecule has 0 unspecified atom stereocenters. The molecule has 0 bridgehead atoms. The maximum atomic E-state index is 12.7. The monoisotopic (exact) mass is 486 g/mol. The molecular formula is C23H23ClN4O4S. The number of hydrogen-bond acceptors (Lipinski definition) is 6. The number of amides is 2. The zero-order valence-electron chi connectivity index (χ0n) is 18.2. The molecule has 8 nitrogen and oxygen atoms in total. The summed E-state index contributed by atoms with van der Waals surface area (Å²) < 4.78 is 6.93. The van der Waals surface area contributed by atoms with Gasteiger partial charge in [-0.2, -0.15) is 5.10 Å². The van der Waals surface area contributed by atoms with Gasteiger partial charge in [-0.25, -0.2) is 4.79 Å². The smallest absolute Gasteiger partial charge is 0.342 e. The van der Waals surface area contributed by atoms with Crippen LogP contribution in [0.4, 0.5) is 5.00 Å². The number of nitrogens with two attached hydrogens (primary N) is 1. The third-order valence-electron chi connectivity index (χ3n) is 5.62. The third kappa shape index (κ3) is 4.65. The molecule has 3 aromatic rings. The molecule has 2 amide bonds. The first-order valence-corrected chi connectivity index (χ1v) is 11.6. The fourth-order valence-corrected chi connectivity index (χ4v) is 5.56. The second kappa shape index (κ2) is 9.36. The van der Waals surface area contributed by atoms with E-state index >= 15 is 0 Å². The summed E-state index contributed by atoms with van der Waals surface area (Å²) in [7, 11) is 0. The van der Waals surface area contributed by atoms with Crippen LogP contribution in [0.1, 0.15) is 54.5 Å². The molecule has 4 rings (SSSR count). The minimum absolute atomic E-state index is 0.308. The molecule has 1 aliphatic rings. The summed E-state index contributed by atoms with van der Waals surface area (Å²) in [5, 5.41) is 8.12. The molecule has 0 saturated carbocycles. The highest BCUT2D eigenvalue weighted by Gasteiger charge is 2.27. The molecule has 3 N–H and O–H groups in total. The molecule has 0 radical (unpaired) electrons. The number of halogens is 1. The minimum atomic E-state index is -0.644. The van der Waals surface area contributed by atoms with Crippen LogP contribution >= 0.6 is 22.9 Å². The van der Waals surface area contributed by atoms with Crippen LogP contribution in [0.3, 0.4) is 0 Å². The molecule has 1 aliphatic carbocycles. The van der Waals surface area contributed by atoms with Gasteiger partial charge >= 0.3 is 5.97 Å². The van der Waals surface area contributed by atoms with Crippen molar-refractivity contribution in [2.45, 2.75) is 39.7 Å². The van der Waals surface area contributed by atoms with E-state index < -0.39 is 24.4 Å². The van der Waals surface area contributed by atoms with Crippen LogP contribution in [0.5, 0.6) is 0 Å². The quantitative estimate of drug-likeness (QED) is 0.494. The number of esters is 1. The van der Waals surface area contributed by atoms with Gasteiger partial charge in [-0.05, 0) is 50.3 Å². The van der Waals surface area contributed by atoms with Gasteiger partial charge in [0.1, 0.15) is 10.6 Å². The van der Waals surface area contributed by atoms with E-state index in [0.717, 1.165) is 35.3 Å². The van der Waals surface area contributed by atoms with Crippen molar-refractivity contribution in [1.82, 2.24) is 9.78 Å². The van der Waals surface area contributed by atoms with E-state index in [9.17, 15) is 14.4 Å². The lowest BCUT2D eigenvalue weighted by Crippen LogP contribution is -2.23. The molecule has 172 valence electrons. The molecular weight excluding hydrogens is 464 g/mol. The molecule has 2 aromatic heterocycles. The number of aryl methyl sites for hydroxylation is 2. The molecule has 0 saturated heterocycles. The Morgan fingerprint density at radius 2 is 1.97 bits per heavy atom. The van der Waals surface area contributed by atoms with Gasteiger partial charge in [-0.3, -0.25) is 14.3 Å². The van der Waals surface area contributed by atoms with Crippen molar-refractivity contribution in [3.05, 3.63) is 67.8 Å². The lowest BCUT2D eigenvalue weighted by atomic mass is 10.1. The highest BCUT2D eigenvalue weighted by atomic mass is 35.5. The number of ether oxygens (including phenoxy) is 1. The summed E-state index contributed by atoms with van der Waals surface area (Å²) in [4.78, 5) is 38.1. The van der Waals surface area contributed by atoms with Gasteiger partial charge in [0.2, 0.25) is 0 Å². The zero-order chi connectivity index (χ0) is 23.7. The number of carbonyl (C=O) groups excluding carboxylic acids is 3. The maximum Gasteiger partial charge on any atom is 0.342 e. The van der Waals surface area contributed by atoms with Crippen LogP contribution in [-0.2, 0) is 28.9 Å². The van der Waals surface area contributed by atoms with Crippen molar-refractivity contribution < 1.29 is 19.1 Å². The Morgan fingerprint density at radius 1 is 1.21 bits per heavy atom. The van der Waals surface area contributed by atoms with Gasteiger partial charge in [0, 0.05) is 9.90 Å². The second-order valence-corrected chi connectivity index (χ2v) is 9.36. The number of carbonyl (C=O) groups is 3. The lowest BCUT2D eigenvalue weighted by Gasteiger charge is -2.08. The van der Waals surface area contributed by atoms with E-state index in [4.69, 9.17) is 22.1 Å². The highest BCUT2D eigenvalue weighted by Crippen LogP contribution is 2.38. The summed E-state index contributed by atoms with van der Waals surface area (Å²) >= 11 is 7.59. The fraction of sp³-hybridized carbons (Fsp3) is 0.304. The Bertz CT molecular complexity index is 1260. The van der Waals surface area contributed by atoms with E-state index in [1.165, 1.54) is 11.3 Å². The average Bonchev–Trinajstić information content (AvgIpc) is 3.41. The first kappa shape index (κ1) is 23.0. The van der Waals surface area contributed by atoms with Gasteiger partial charge in [-0.15, -0.1) is 11.3 Å². The number of rotatable bonds is 7. The minimum Gasteiger partial charge on any atom is -0.452 e. The van der Waals surface area contributed by atoms with Crippen LogP contribution in [0.15, 0.2) is 24.3 Å². The van der Waals surface area contributed by atoms with E-state index in [0.29, 0.717) is 39.1 Å². The summed E-state index contributed by atoms with van der Waals surface area (Å²) in [6, 6.07) is 7.41. The number of thiophene rings is 1. The summed E-state index contributed by atoms with van der Waals surface area (Å²) in [5.74, 6) is -1.75. The van der Waals surface area contributed by atoms with Crippen molar-refractivity contribution in [3.8, 4) is 0 Å². The molecule has 2 heterocycles. The normalized spacial score (nSPS) is 12.5. The maximum absolute atomic E-state index is 12.7. The number of nitrogens with one attached hydrogen (secondary N) is 1. The van der Waals surface area contributed by atoms with Gasteiger partial charge in [0.15, 0.2) is 6.61 Å². The van der Waals surface area contributed by atoms with Crippen molar-refractivity contribution in [2.24, 2.45) is 5.73 Å². The van der Waals surface area contributed by atoms with E-state index in [-0.39, 0.29) is 0 Å². The number of anilines is 1. The van der Waals surface area contributed by atoms with Crippen LogP contribution in [0.2, 0.25) is 5.02 Å². The number of nitrogens with zero attached hydrogens (tertiary/aromatic N) is 2. The Kier molecular flexibility index (Phi) is 6.53. The number of benzene rings is 1. The first-order chi connectivity index (χ1) is 15.8. The van der Waals surface area contributed by atoms with Gasteiger partial charge in [-0.1, -0.05) is 29.8 Å². The van der Waals surface area contributed by atoms with Crippen molar-refractivity contribution >= 4 is 45.7 Å². The number of fused-ring (bicyclic) bond motifs is 1.